The number of para-hydroxylation sites is 1. The second-order valence-corrected chi connectivity index (χ2v) is 5.39. The molecule has 0 aliphatic rings. The first-order valence-corrected chi connectivity index (χ1v) is 7.29. The summed E-state index contributed by atoms with van der Waals surface area (Å²) in [5.41, 5.74) is 0.251. The Morgan fingerprint density at radius 1 is 1.04 bits per heavy atom. The number of nitrogens with one attached hydrogen (secondary N) is 1. The number of hydrogen-bond acceptors (Lipinski definition) is 3. The molecule has 1 N–H and O–H groups in total. The molecule has 1 heterocycles. The van der Waals surface area contributed by atoms with Gasteiger partial charge < -0.3 is 9.73 Å². The molecule has 25 heavy (non-hydrogen) atoms. The second-order valence-electron chi connectivity index (χ2n) is 5.39. The molecule has 0 saturated carbocycles. The molecular formula is C18H12F3NO3. The predicted octanol–water partition coefficient (Wildman–Crippen LogP) is 4.27. The molecule has 0 atom stereocenters. The zero-order valence-electron chi connectivity index (χ0n) is 13.0. The zero-order valence-corrected chi connectivity index (χ0v) is 13.0. The molecule has 3 aromatic rings. The van der Waals surface area contributed by atoms with Crippen LogP contribution < -0.4 is 10.7 Å². The van der Waals surface area contributed by atoms with Gasteiger partial charge in [-0.2, -0.15) is 13.2 Å². The van der Waals surface area contributed by atoms with E-state index in [9.17, 15) is 22.8 Å². The average Bonchev–Trinajstić information content (AvgIpc) is 2.58. The van der Waals surface area contributed by atoms with Crippen LogP contribution in [0.4, 0.5) is 18.9 Å². The van der Waals surface area contributed by atoms with Crippen LogP contribution in [-0.2, 0) is 4.79 Å². The van der Waals surface area contributed by atoms with Gasteiger partial charge in [0.05, 0.1) is 11.1 Å². The zero-order chi connectivity index (χ0) is 18.2. The first-order chi connectivity index (χ1) is 11.8. The third kappa shape index (κ3) is 3.13. The summed E-state index contributed by atoms with van der Waals surface area (Å²) in [6.07, 6.45) is -5.05. The van der Waals surface area contributed by atoms with Crippen LogP contribution in [0.25, 0.3) is 22.3 Å². The smallest absolute Gasteiger partial charge is 0.453 e. The molecule has 0 radical (unpaired) electrons. The van der Waals surface area contributed by atoms with Gasteiger partial charge in [0.2, 0.25) is 0 Å². The van der Waals surface area contributed by atoms with Crippen molar-refractivity contribution in [2.24, 2.45) is 0 Å². The van der Waals surface area contributed by atoms with Crippen LogP contribution in [0, 0.1) is 6.92 Å². The van der Waals surface area contributed by atoms with E-state index < -0.39 is 12.1 Å². The minimum atomic E-state index is -5.05. The predicted molar refractivity (Wildman–Crippen MR) is 87.3 cm³/mol. The number of anilines is 1. The van der Waals surface area contributed by atoms with Crippen molar-refractivity contribution in [3.63, 3.8) is 0 Å². The quantitative estimate of drug-likeness (QED) is 0.753. The van der Waals surface area contributed by atoms with E-state index in [1.165, 1.54) is 18.2 Å². The Morgan fingerprint density at radius 3 is 2.36 bits per heavy atom. The molecular weight excluding hydrogens is 335 g/mol. The number of halogens is 3. The molecule has 2 aromatic carbocycles. The van der Waals surface area contributed by atoms with Crippen molar-refractivity contribution in [1.29, 1.82) is 0 Å². The van der Waals surface area contributed by atoms with Crippen LogP contribution in [0.3, 0.4) is 0 Å². The van der Waals surface area contributed by atoms with E-state index in [0.29, 0.717) is 11.1 Å². The van der Waals surface area contributed by atoms with E-state index in [2.05, 4.69) is 0 Å². The molecule has 0 aliphatic carbocycles. The lowest BCUT2D eigenvalue weighted by molar-refractivity contribution is -0.167. The highest BCUT2D eigenvalue weighted by atomic mass is 19.4. The molecule has 0 spiro atoms. The summed E-state index contributed by atoms with van der Waals surface area (Å²) in [5.74, 6) is -1.89. The van der Waals surface area contributed by atoms with Gasteiger partial charge in [-0.15, -0.1) is 0 Å². The van der Waals surface area contributed by atoms with Crippen molar-refractivity contribution in [1.82, 2.24) is 0 Å². The molecule has 0 bridgehead atoms. The van der Waals surface area contributed by atoms with Crippen molar-refractivity contribution in [2.75, 3.05) is 5.32 Å². The fourth-order valence-corrected chi connectivity index (χ4v) is 2.47. The molecule has 7 heteroatoms. The van der Waals surface area contributed by atoms with Gasteiger partial charge in [0, 0.05) is 11.1 Å². The van der Waals surface area contributed by atoms with Crippen molar-refractivity contribution in [3.8, 4) is 11.3 Å². The van der Waals surface area contributed by atoms with E-state index in [-0.39, 0.29) is 27.8 Å². The van der Waals surface area contributed by atoms with Crippen LogP contribution in [0.1, 0.15) is 5.56 Å². The number of carbonyl (C=O) groups excluding carboxylic acids is 1. The van der Waals surface area contributed by atoms with E-state index in [4.69, 9.17) is 4.42 Å². The maximum absolute atomic E-state index is 12.6. The summed E-state index contributed by atoms with van der Waals surface area (Å²) < 4.78 is 43.3. The Balaban J connectivity index is 2.23. The lowest BCUT2D eigenvalue weighted by Crippen LogP contribution is -2.30. The minimum Gasteiger partial charge on any atom is -0.453 e. The van der Waals surface area contributed by atoms with Gasteiger partial charge in [0.1, 0.15) is 5.76 Å². The van der Waals surface area contributed by atoms with Gasteiger partial charge in [-0.05, 0) is 19.1 Å². The molecule has 1 amide bonds. The number of amides is 1. The number of alkyl halides is 3. The lowest BCUT2D eigenvalue weighted by atomic mass is 10.1. The maximum Gasteiger partial charge on any atom is 0.471 e. The monoisotopic (exact) mass is 347 g/mol. The summed E-state index contributed by atoms with van der Waals surface area (Å²) in [4.78, 5) is 23.8. The topological polar surface area (TPSA) is 59.3 Å². The van der Waals surface area contributed by atoms with Gasteiger partial charge in [-0.1, -0.05) is 36.4 Å². The Labute approximate surface area is 139 Å². The largest absolute Gasteiger partial charge is 0.471 e. The van der Waals surface area contributed by atoms with Crippen LogP contribution in [0.5, 0.6) is 0 Å². The van der Waals surface area contributed by atoms with Crippen LogP contribution in [-0.4, -0.2) is 12.1 Å². The van der Waals surface area contributed by atoms with Crippen LogP contribution >= 0.6 is 0 Å². The van der Waals surface area contributed by atoms with Gasteiger partial charge in [-0.25, -0.2) is 0 Å². The summed E-state index contributed by atoms with van der Waals surface area (Å²) >= 11 is 0. The van der Waals surface area contributed by atoms with Gasteiger partial charge >= 0.3 is 12.1 Å². The molecule has 0 fully saturated rings. The molecule has 0 unspecified atom stereocenters. The SMILES string of the molecule is Cc1c(-c2ccccc2)oc2c(NC(=O)C(F)(F)F)cccc2c1=O. The highest BCUT2D eigenvalue weighted by Gasteiger charge is 2.39. The lowest BCUT2D eigenvalue weighted by Gasteiger charge is -2.12. The van der Waals surface area contributed by atoms with Crippen molar-refractivity contribution >= 4 is 22.6 Å². The van der Waals surface area contributed by atoms with Crippen LogP contribution in [0.2, 0.25) is 0 Å². The standard InChI is InChI=1S/C18H12F3NO3/c1-10-14(23)12-8-5-9-13(22-17(24)18(19,20)21)16(12)25-15(10)11-6-3-2-4-7-11/h2-9H,1H3,(H,22,24). The van der Waals surface area contributed by atoms with E-state index in [1.807, 2.05) is 0 Å². The molecule has 0 aliphatic heterocycles. The van der Waals surface area contributed by atoms with Gasteiger partial charge in [0.25, 0.3) is 0 Å². The summed E-state index contributed by atoms with van der Waals surface area (Å²) in [6, 6.07) is 12.8. The first kappa shape index (κ1) is 16.8. The Bertz CT molecular complexity index is 1010. The van der Waals surface area contributed by atoms with E-state index in [1.54, 1.807) is 42.6 Å². The average molecular weight is 347 g/mol. The van der Waals surface area contributed by atoms with E-state index >= 15 is 0 Å². The van der Waals surface area contributed by atoms with Gasteiger partial charge in [-0.3, -0.25) is 9.59 Å². The molecule has 4 nitrogen and oxygen atoms in total. The molecule has 3 rings (SSSR count). The van der Waals surface area contributed by atoms with Gasteiger partial charge in [0.15, 0.2) is 11.0 Å². The van der Waals surface area contributed by atoms with E-state index in [0.717, 1.165) is 0 Å². The third-order valence-corrected chi connectivity index (χ3v) is 3.69. The number of benzene rings is 2. The summed E-state index contributed by atoms with van der Waals surface area (Å²) in [6.45, 7) is 1.58. The molecule has 0 saturated heterocycles. The fourth-order valence-electron chi connectivity index (χ4n) is 2.47. The Kier molecular flexibility index (Phi) is 4.08. The number of fused-ring (bicyclic) bond motifs is 1. The van der Waals surface area contributed by atoms with Crippen molar-refractivity contribution in [2.45, 2.75) is 13.1 Å². The highest BCUT2D eigenvalue weighted by molar-refractivity contribution is 6.02. The third-order valence-electron chi connectivity index (χ3n) is 3.69. The Morgan fingerprint density at radius 2 is 1.72 bits per heavy atom. The number of hydrogen-bond donors (Lipinski definition) is 1. The highest BCUT2D eigenvalue weighted by Crippen LogP contribution is 2.30. The van der Waals surface area contributed by atoms with Crippen LogP contribution in [0.15, 0.2) is 57.7 Å². The first-order valence-electron chi connectivity index (χ1n) is 7.29. The number of carbonyl (C=O) groups is 1. The summed E-state index contributed by atoms with van der Waals surface area (Å²) in [5, 5.41) is 1.85. The minimum absolute atomic E-state index is 0.0946. The fraction of sp³-hybridized carbons (Fsp3) is 0.111. The second kappa shape index (κ2) is 6.08. The maximum atomic E-state index is 12.6. The Hall–Kier alpha value is -3.09. The number of rotatable bonds is 2. The summed E-state index contributed by atoms with van der Waals surface area (Å²) in [7, 11) is 0. The molecule has 128 valence electrons. The van der Waals surface area contributed by atoms with Crippen molar-refractivity contribution in [3.05, 3.63) is 64.3 Å². The normalized spacial score (nSPS) is 11.5. The molecule has 1 aromatic heterocycles. The van der Waals surface area contributed by atoms with Crippen molar-refractivity contribution < 1.29 is 22.4 Å².